The Balaban J connectivity index is 2.17. The van der Waals surface area contributed by atoms with Gasteiger partial charge in [0.2, 0.25) is 0 Å². The van der Waals surface area contributed by atoms with Crippen LogP contribution in [0.15, 0.2) is 0 Å². The highest BCUT2D eigenvalue weighted by Gasteiger charge is 2.56. The van der Waals surface area contributed by atoms with Crippen molar-refractivity contribution in [1.82, 2.24) is 0 Å². The van der Waals surface area contributed by atoms with Gasteiger partial charge in [-0.05, 0) is 12.3 Å². The Kier molecular flexibility index (Phi) is 1.95. The molecule has 2 atom stereocenters. The van der Waals surface area contributed by atoms with E-state index in [-0.39, 0.29) is 18.9 Å². The zero-order chi connectivity index (χ0) is 7.78. The van der Waals surface area contributed by atoms with Gasteiger partial charge in [-0.25, -0.2) is 8.78 Å². The Labute approximate surface area is 59.0 Å². The van der Waals surface area contributed by atoms with Gasteiger partial charge in [0.15, 0.2) is 0 Å². The SMILES string of the molecule is C[C@H](CO)CC1CC1(F)F. The smallest absolute Gasteiger partial charge is 0.251 e. The summed E-state index contributed by atoms with van der Waals surface area (Å²) in [5, 5.41) is 8.54. The van der Waals surface area contributed by atoms with E-state index in [0.29, 0.717) is 6.42 Å². The van der Waals surface area contributed by atoms with Crippen LogP contribution in [0.4, 0.5) is 8.78 Å². The predicted molar refractivity (Wildman–Crippen MR) is 33.9 cm³/mol. The van der Waals surface area contributed by atoms with Crippen LogP contribution in [-0.4, -0.2) is 17.6 Å². The van der Waals surface area contributed by atoms with Crippen LogP contribution in [0.3, 0.4) is 0 Å². The van der Waals surface area contributed by atoms with E-state index in [2.05, 4.69) is 0 Å². The second-order valence-corrected chi connectivity index (χ2v) is 3.19. The molecule has 1 fully saturated rings. The highest BCUT2D eigenvalue weighted by atomic mass is 19.3. The van der Waals surface area contributed by atoms with Gasteiger partial charge in [0, 0.05) is 18.9 Å². The maximum absolute atomic E-state index is 12.2. The van der Waals surface area contributed by atoms with Crippen LogP contribution in [0.2, 0.25) is 0 Å². The van der Waals surface area contributed by atoms with Crippen molar-refractivity contribution in [3.05, 3.63) is 0 Å². The van der Waals surface area contributed by atoms with E-state index in [1.54, 1.807) is 6.92 Å². The third kappa shape index (κ3) is 1.66. The number of aliphatic hydroxyl groups excluding tert-OH is 1. The van der Waals surface area contributed by atoms with Crippen LogP contribution >= 0.6 is 0 Å². The minimum absolute atomic E-state index is 0.0204. The Morgan fingerprint density at radius 1 is 1.70 bits per heavy atom. The summed E-state index contributed by atoms with van der Waals surface area (Å²) in [5.74, 6) is -2.84. The zero-order valence-corrected chi connectivity index (χ0v) is 5.98. The minimum atomic E-state index is -2.41. The second kappa shape index (κ2) is 2.46. The third-order valence-corrected chi connectivity index (χ3v) is 1.95. The summed E-state index contributed by atoms with van der Waals surface area (Å²) in [6, 6.07) is 0. The van der Waals surface area contributed by atoms with Crippen molar-refractivity contribution >= 4 is 0 Å². The van der Waals surface area contributed by atoms with Crippen molar-refractivity contribution < 1.29 is 13.9 Å². The highest BCUT2D eigenvalue weighted by molar-refractivity contribution is 4.95. The molecule has 1 aliphatic carbocycles. The van der Waals surface area contributed by atoms with Crippen LogP contribution in [-0.2, 0) is 0 Å². The molecule has 1 aliphatic rings. The second-order valence-electron chi connectivity index (χ2n) is 3.19. The van der Waals surface area contributed by atoms with Crippen molar-refractivity contribution in [2.24, 2.45) is 11.8 Å². The van der Waals surface area contributed by atoms with Gasteiger partial charge in [-0.15, -0.1) is 0 Å². The number of aliphatic hydroxyl groups is 1. The maximum atomic E-state index is 12.2. The molecule has 0 aromatic rings. The highest BCUT2D eigenvalue weighted by Crippen LogP contribution is 2.51. The Morgan fingerprint density at radius 3 is 2.50 bits per heavy atom. The molecule has 0 heterocycles. The Hall–Kier alpha value is -0.180. The van der Waals surface area contributed by atoms with Crippen LogP contribution in [0.1, 0.15) is 19.8 Å². The number of alkyl halides is 2. The monoisotopic (exact) mass is 150 g/mol. The molecular weight excluding hydrogens is 138 g/mol. The number of rotatable bonds is 3. The van der Waals surface area contributed by atoms with Crippen LogP contribution < -0.4 is 0 Å². The lowest BCUT2D eigenvalue weighted by molar-refractivity contribution is 0.0899. The topological polar surface area (TPSA) is 20.2 Å². The first-order valence-electron chi connectivity index (χ1n) is 3.55. The lowest BCUT2D eigenvalue weighted by atomic mass is 10.1. The number of hydrogen-bond donors (Lipinski definition) is 1. The van der Waals surface area contributed by atoms with E-state index in [9.17, 15) is 8.78 Å². The number of halogens is 2. The lowest BCUT2D eigenvalue weighted by Crippen LogP contribution is -2.04. The first-order chi connectivity index (χ1) is 4.56. The van der Waals surface area contributed by atoms with Gasteiger partial charge in [0.25, 0.3) is 5.92 Å². The van der Waals surface area contributed by atoms with Crippen molar-refractivity contribution in [2.75, 3.05) is 6.61 Å². The fraction of sp³-hybridized carbons (Fsp3) is 1.00. The van der Waals surface area contributed by atoms with Gasteiger partial charge >= 0.3 is 0 Å². The molecule has 60 valence electrons. The molecule has 0 aliphatic heterocycles. The molecule has 3 heteroatoms. The van der Waals surface area contributed by atoms with Gasteiger partial charge in [-0.3, -0.25) is 0 Å². The summed E-state index contributed by atoms with van der Waals surface area (Å²) in [7, 11) is 0. The van der Waals surface area contributed by atoms with Gasteiger partial charge in [-0.2, -0.15) is 0 Å². The molecule has 0 radical (unpaired) electrons. The molecule has 1 nitrogen and oxygen atoms in total. The quantitative estimate of drug-likeness (QED) is 0.648. The van der Waals surface area contributed by atoms with Crippen molar-refractivity contribution in [3.8, 4) is 0 Å². The molecule has 1 rings (SSSR count). The standard InChI is InChI=1S/C7H12F2O/c1-5(4-10)2-6-3-7(6,8)9/h5-6,10H,2-4H2,1H3/t5-,6?/m0/s1. The first-order valence-corrected chi connectivity index (χ1v) is 3.55. The average molecular weight is 150 g/mol. The van der Waals surface area contributed by atoms with Crippen molar-refractivity contribution in [3.63, 3.8) is 0 Å². The summed E-state index contributed by atoms with van der Waals surface area (Å²) in [5.41, 5.74) is 0. The predicted octanol–water partition coefficient (Wildman–Crippen LogP) is 1.66. The number of hydrogen-bond acceptors (Lipinski definition) is 1. The van der Waals surface area contributed by atoms with Gasteiger partial charge in [0.05, 0.1) is 0 Å². The first kappa shape index (κ1) is 7.92. The molecule has 1 N–H and O–H groups in total. The van der Waals surface area contributed by atoms with E-state index in [4.69, 9.17) is 5.11 Å². The van der Waals surface area contributed by atoms with Crippen molar-refractivity contribution in [1.29, 1.82) is 0 Å². The molecule has 1 unspecified atom stereocenters. The van der Waals surface area contributed by atoms with Gasteiger partial charge in [0.1, 0.15) is 0 Å². The normalized spacial score (nSPS) is 31.8. The van der Waals surface area contributed by atoms with E-state index in [0.717, 1.165) is 0 Å². The van der Waals surface area contributed by atoms with Gasteiger partial charge in [-0.1, -0.05) is 6.92 Å². The third-order valence-electron chi connectivity index (χ3n) is 1.95. The van der Waals surface area contributed by atoms with E-state index in [1.807, 2.05) is 0 Å². The summed E-state index contributed by atoms with van der Waals surface area (Å²) in [6.07, 6.45) is 0.487. The molecule has 0 amide bonds. The van der Waals surface area contributed by atoms with Gasteiger partial charge < -0.3 is 5.11 Å². The fourth-order valence-electron chi connectivity index (χ4n) is 1.09. The average Bonchev–Trinajstić information content (AvgIpc) is 2.40. The molecule has 1 saturated carbocycles. The maximum Gasteiger partial charge on any atom is 0.251 e. The molecule has 10 heavy (non-hydrogen) atoms. The fourth-order valence-corrected chi connectivity index (χ4v) is 1.09. The molecule has 0 aromatic carbocycles. The Morgan fingerprint density at radius 2 is 2.20 bits per heavy atom. The summed E-state index contributed by atoms with van der Waals surface area (Å²) < 4.78 is 24.4. The van der Waals surface area contributed by atoms with E-state index in [1.165, 1.54) is 0 Å². The van der Waals surface area contributed by atoms with Crippen LogP contribution in [0.25, 0.3) is 0 Å². The Bertz CT molecular complexity index is 125. The summed E-state index contributed by atoms with van der Waals surface area (Å²) >= 11 is 0. The minimum Gasteiger partial charge on any atom is -0.396 e. The molecule has 0 bridgehead atoms. The molecule has 0 aromatic heterocycles. The van der Waals surface area contributed by atoms with Crippen LogP contribution in [0.5, 0.6) is 0 Å². The van der Waals surface area contributed by atoms with E-state index >= 15 is 0 Å². The van der Waals surface area contributed by atoms with E-state index < -0.39 is 11.8 Å². The summed E-state index contributed by atoms with van der Waals surface area (Å²) in [6.45, 7) is 1.81. The molecular formula is C7H12F2O. The molecule has 0 saturated heterocycles. The van der Waals surface area contributed by atoms with Crippen LogP contribution in [0, 0.1) is 11.8 Å². The van der Waals surface area contributed by atoms with Crippen molar-refractivity contribution in [2.45, 2.75) is 25.7 Å². The largest absolute Gasteiger partial charge is 0.396 e. The summed E-state index contributed by atoms with van der Waals surface area (Å²) in [4.78, 5) is 0. The lowest BCUT2D eigenvalue weighted by Gasteiger charge is -2.04. The zero-order valence-electron chi connectivity index (χ0n) is 5.98. The molecule has 0 spiro atoms.